The largest absolute Gasteiger partial charge is 0.456 e. The zero-order chi connectivity index (χ0) is 14.2. The molecule has 106 valence electrons. The van der Waals surface area contributed by atoms with E-state index in [2.05, 4.69) is 38.9 Å². The quantitative estimate of drug-likeness (QED) is 0.738. The van der Waals surface area contributed by atoms with Gasteiger partial charge >= 0.3 is 0 Å². The number of hydrogen-bond donors (Lipinski definition) is 0. The van der Waals surface area contributed by atoms with E-state index in [4.69, 9.17) is 4.42 Å². The Balaban J connectivity index is 1.50. The van der Waals surface area contributed by atoms with Crippen molar-refractivity contribution < 1.29 is 4.42 Å². The van der Waals surface area contributed by atoms with Crippen molar-refractivity contribution in [1.82, 2.24) is 15.1 Å². The third-order valence-corrected chi connectivity index (χ3v) is 4.29. The van der Waals surface area contributed by atoms with Crippen LogP contribution in [0.3, 0.4) is 0 Å². The standard InChI is InChI=1S/C16H16N4O/c1-19-10-14-9-13(19)11-20(14)16-7-5-12(17-18-16)4-6-15-3-2-8-21-15/h2-3,5,7-8,13-14H,9-11H2,1H3/t13-,14+/m0/s1. The lowest BCUT2D eigenvalue weighted by atomic mass is 10.2. The molecule has 0 saturated carbocycles. The van der Waals surface area contributed by atoms with E-state index >= 15 is 0 Å². The van der Waals surface area contributed by atoms with Crippen LogP contribution in [0.2, 0.25) is 0 Å². The van der Waals surface area contributed by atoms with Gasteiger partial charge in [0.15, 0.2) is 11.6 Å². The van der Waals surface area contributed by atoms with E-state index in [0.29, 0.717) is 23.5 Å². The lowest BCUT2D eigenvalue weighted by molar-refractivity contribution is 0.292. The van der Waals surface area contributed by atoms with Gasteiger partial charge in [0.25, 0.3) is 0 Å². The van der Waals surface area contributed by atoms with Gasteiger partial charge in [0.05, 0.1) is 6.26 Å². The van der Waals surface area contributed by atoms with Crippen LogP contribution < -0.4 is 4.90 Å². The van der Waals surface area contributed by atoms with E-state index in [1.54, 1.807) is 6.26 Å². The molecular weight excluding hydrogens is 264 g/mol. The summed E-state index contributed by atoms with van der Waals surface area (Å²) in [6.07, 6.45) is 2.84. The number of rotatable bonds is 1. The van der Waals surface area contributed by atoms with Gasteiger partial charge in [0.2, 0.25) is 0 Å². The molecule has 0 aliphatic carbocycles. The molecule has 0 amide bonds. The monoisotopic (exact) mass is 280 g/mol. The first-order chi connectivity index (χ1) is 10.3. The number of piperazine rings is 1. The molecule has 2 aromatic rings. The SMILES string of the molecule is CN1C[C@H]2C[C@H]1CN2c1ccc(C#Cc2ccco2)nn1. The number of likely N-dealkylation sites (tertiary alicyclic amines) is 1. The van der Waals surface area contributed by atoms with Gasteiger partial charge in [0, 0.05) is 25.2 Å². The van der Waals surface area contributed by atoms with Crippen molar-refractivity contribution in [3.63, 3.8) is 0 Å². The van der Waals surface area contributed by atoms with Crippen molar-refractivity contribution in [2.75, 3.05) is 25.0 Å². The summed E-state index contributed by atoms with van der Waals surface area (Å²) in [7, 11) is 2.20. The predicted molar refractivity (Wildman–Crippen MR) is 78.9 cm³/mol. The van der Waals surface area contributed by atoms with Gasteiger partial charge in [-0.3, -0.25) is 4.90 Å². The van der Waals surface area contributed by atoms with Gasteiger partial charge in [-0.15, -0.1) is 10.2 Å². The fourth-order valence-electron chi connectivity index (χ4n) is 3.17. The van der Waals surface area contributed by atoms with Crippen molar-refractivity contribution in [2.24, 2.45) is 0 Å². The summed E-state index contributed by atoms with van der Waals surface area (Å²) in [6, 6.07) is 8.82. The molecule has 0 N–H and O–H groups in total. The minimum atomic E-state index is 0.578. The topological polar surface area (TPSA) is 45.4 Å². The summed E-state index contributed by atoms with van der Waals surface area (Å²) >= 11 is 0. The van der Waals surface area contributed by atoms with E-state index in [-0.39, 0.29) is 0 Å². The second kappa shape index (κ2) is 4.90. The molecule has 2 aliphatic heterocycles. The maximum atomic E-state index is 5.17. The number of likely N-dealkylation sites (N-methyl/N-ethyl adjacent to an activating group) is 1. The number of fused-ring (bicyclic) bond motifs is 2. The van der Waals surface area contributed by atoms with E-state index in [9.17, 15) is 0 Å². The van der Waals surface area contributed by atoms with E-state index < -0.39 is 0 Å². The first-order valence-corrected chi connectivity index (χ1v) is 7.16. The van der Waals surface area contributed by atoms with Crippen LogP contribution in [0.25, 0.3) is 0 Å². The molecule has 21 heavy (non-hydrogen) atoms. The minimum absolute atomic E-state index is 0.578. The predicted octanol–water partition coefficient (Wildman–Crippen LogP) is 1.36. The van der Waals surface area contributed by atoms with Crippen LogP contribution in [0.5, 0.6) is 0 Å². The van der Waals surface area contributed by atoms with Crippen molar-refractivity contribution in [3.05, 3.63) is 42.0 Å². The molecule has 2 aromatic heterocycles. The summed E-state index contributed by atoms with van der Waals surface area (Å²) in [5.74, 6) is 7.48. The van der Waals surface area contributed by atoms with Crippen LogP contribution in [0.1, 0.15) is 17.9 Å². The fraction of sp³-hybridized carbons (Fsp3) is 0.375. The maximum Gasteiger partial charge on any atom is 0.177 e. The molecule has 4 heterocycles. The Bertz CT molecular complexity index is 681. The minimum Gasteiger partial charge on any atom is -0.456 e. The third kappa shape index (κ3) is 2.28. The molecule has 5 heteroatoms. The smallest absolute Gasteiger partial charge is 0.177 e. The molecule has 5 nitrogen and oxygen atoms in total. The average molecular weight is 280 g/mol. The Hall–Kier alpha value is -2.32. The fourth-order valence-corrected chi connectivity index (χ4v) is 3.17. The normalized spacial score (nSPS) is 24.1. The number of anilines is 1. The highest BCUT2D eigenvalue weighted by molar-refractivity contribution is 5.45. The Morgan fingerprint density at radius 1 is 1.14 bits per heavy atom. The van der Waals surface area contributed by atoms with Crippen molar-refractivity contribution >= 4 is 5.82 Å². The van der Waals surface area contributed by atoms with Crippen LogP contribution in [0.4, 0.5) is 5.82 Å². The number of aromatic nitrogens is 2. The summed E-state index contributed by atoms with van der Waals surface area (Å²) < 4.78 is 5.17. The Labute approximate surface area is 123 Å². The molecule has 0 aromatic carbocycles. The van der Waals surface area contributed by atoms with Crippen LogP contribution in [0.15, 0.2) is 34.9 Å². The van der Waals surface area contributed by atoms with Crippen LogP contribution in [-0.2, 0) is 0 Å². The van der Waals surface area contributed by atoms with Gasteiger partial charge in [0.1, 0.15) is 5.69 Å². The molecule has 2 aliphatic rings. The Morgan fingerprint density at radius 2 is 2.10 bits per heavy atom. The molecule has 2 bridgehead atoms. The molecule has 2 fully saturated rings. The molecule has 0 unspecified atom stereocenters. The summed E-state index contributed by atoms with van der Waals surface area (Å²) in [5, 5.41) is 8.53. The van der Waals surface area contributed by atoms with Crippen LogP contribution >= 0.6 is 0 Å². The van der Waals surface area contributed by atoms with Crippen LogP contribution in [0, 0.1) is 11.8 Å². The zero-order valence-electron chi connectivity index (χ0n) is 11.9. The van der Waals surface area contributed by atoms with Gasteiger partial charge in [-0.05, 0) is 49.6 Å². The van der Waals surface area contributed by atoms with Crippen molar-refractivity contribution in [2.45, 2.75) is 18.5 Å². The average Bonchev–Trinajstić information content (AvgIpc) is 3.22. The molecular formula is C16H16N4O. The summed E-state index contributed by atoms with van der Waals surface area (Å²) in [6.45, 7) is 2.17. The second-order valence-electron chi connectivity index (χ2n) is 5.64. The van der Waals surface area contributed by atoms with Gasteiger partial charge in [-0.2, -0.15) is 0 Å². The number of furan rings is 1. The molecule has 4 rings (SSSR count). The van der Waals surface area contributed by atoms with Gasteiger partial charge in [-0.1, -0.05) is 0 Å². The third-order valence-electron chi connectivity index (χ3n) is 4.29. The molecule has 2 saturated heterocycles. The van der Waals surface area contributed by atoms with E-state index in [0.717, 1.165) is 18.9 Å². The van der Waals surface area contributed by atoms with E-state index in [1.807, 2.05) is 24.3 Å². The van der Waals surface area contributed by atoms with Gasteiger partial charge in [-0.25, -0.2) is 0 Å². The highest BCUT2D eigenvalue weighted by Gasteiger charge is 2.41. The second-order valence-corrected chi connectivity index (χ2v) is 5.64. The summed E-state index contributed by atoms with van der Waals surface area (Å²) in [5.41, 5.74) is 0.664. The molecule has 0 radical (unpaired) electrons. The van der Waals surface area contributed by atoms with Crippen LogP contribution in [-0.4, -0.2) is 47.3 Å². The maximum absolute atomic E-state index is 5.17. The highest BCUT2D eigenvalue weighted by atomic mass is 16.3. The van der Waals surface area contributed by atoms with Crippen molar-refractivity contribution in [3.8, 4) is 11.8 Å². The molecule has 0 spiro atoms. The van der Waals surface area contributed by atoms with Crippen molar-refractivity contribution in [1.29, 1.82) is 0 Å². The number of hydrogen-bond acceptors (Lipinski definition) is 5. The highest BCUT2D eigenvalue weighted by Crippen LogP contribution is 2.32. The molecule has 2 atom stereocenters. The lowest BCUT2D eigenvalue weighted by Crippen LogP contribution is -2.44. The van der Waals surface area contributed by atoms with Gasteiger partial charge < -0.3 is 9.32 Å². The first-order valence-electron chi connectivity index (χ1n) is 7.16. The first kappa shape index (κ1) is 12.4. The Kier molecular flexibility index (Phi) is 2.90. The summed E-state index contributed by atoms with van der Waals surface area (Å²) in [4.78, 5) is 4.79. The Morgan fingerprint density at radius 3 is 2.71 bits per heavy atom. The lowest BCUT2D eigenvalue weighted by Gasteiger charge is -2.32. The van der Waals surface area contributed by atoms with E-state index in [1.165, 1.54) is 6.42 Å². The zero-order valence-corrected chi connectivity index (χ0v) is 11.9. The number of nitrogens with zero attached hydrogens (tertiary/aromatic N) is 4.